The first-order chi connectivity index (χ1) is 15.7. The van der Waals surface area contributed by atoms with Crippen LogP contribution in [-0.4, -0.2) is 54.0 Å². The maximum absolute atomic E-state index is 12.5. The summed E-state index contributed by atoms with van der Waals surface area (Å²) in [5.41, 5.74) is 11.9. The van der Waals surface area contributed by atoms with Gasteiger partial charge in [0, 0.05) is 19.6 Å². The van der Waals surface area contributed by atoms with Crippen LogP contribution in [0.4, 0.5) is 0 Å². The topological polar surface area (TPSA) is 49.6 Å². The number of nitrogens with two attached hydrogens (primary N) is 1. The number of hydrogen-bond donors (Lipinski definition) is 1. The van der Waals surface area contributed by atoms with Crippen molar-refractivity contribution in [2.45, 2.75) is 37.6 Å². The minimum atomic E-state index is -0.449. The van der Waals surface area contributed by atoms with Gasteiger partial charge in [0.2, 0.25) is 5.91 Å². The molecule has 2 aliphatic heterocycles. The molecular formula is C28H35Cl2N3O. The van der Waals surface area contributed by atoms with Crippen LogP contribution >= 0.6 is 24.8 Å². The molecule has 2 heterocycles. The Morgan fingerprint density at radius 3 is 1.88 bits per heavy atom. The highest BCUT2D eigenvalue weighted by Gasteiger charge is 2.44. The molecule has 0 bridgehead atoms. The normalized spacial score (nSPS) is 19.6. The van der Waals surface area contributed by atoms with Gasteiger partial charge in [-0.25, -0.2) is 0 Å². The molecule has 0 atom stereocenters. The summed E-state index contributed by atoms with van der Waals surface area (Å²) in [5, 5.41) is 0. The van der Waals surface area contributed by atoms with Crippen molar-refractivity contribution >= 4 is 48.4 Å². The van der Waals surface area contributed by atoms with Crippen molar-refractivity contribution in [1.82, 2.24) is 9.80 Å². The predicted octanol–water partition coefficient (Wildman–Crippen LogP) is 5.25. The molecule has 2 aromatic carbocycles. The Bertz CT molecular complexity index is 1000. The zero-order valence-electron chi connectivity index (χ0n) is 19.6. The predicted molar refractivity (Wildman–Crippen MR) is 146 cm³/mol. The molecule has 2 fully saturated rings. The molecule has 34 heavy (non-hydrogen) atoms. The van der Waals surface area contributed by atoms with Gasteiger partial charge in [0.05, 0.1) is 0 Å². The SMILES string of the molecule is Cl.Cl.NC(=O)C1(N2CCCCC2)CCN(CC=C2c3ccccc3C=Cc3ccccc32)CC1. The van der Waals surface area contributed by atoms with Crippen molar-refractivity contribution in [3.05, 3.63) is 76.9 Å². The summed E-state index contributed by atoms with van der Waals surface area (Å²) in [7, 11) is 0. The minimum absolute atomic E-state index is 0. The summed E-state index contributed by atoms with van der Waals surface area (Å²) in [5.74, 6) is -0.130. The van der Waals surface area contributed by atoms with Crippen molar-refractivity contribution in [3.8, 4) is 0 Å². The van der Waals surface area contributed by atoms with Crippen LogP contribution in [0.15, 0.2) is 54.6 Å². The van der Waals surface area contributed by atoms with E-state index in [4.69, 9.17) is 5.73 Å². The number of hydrogen-bond acceptors (Lipinski definition) is 3. The van der Waals surface area contributed by atoms with Crippen LogP contribution < -0.4 is 5.73 Å². The number of amides is 1. The zero-order chi connectivity index (χ0) is 22.0. The Balaban J connectivity index is 0.00000162. The van der Waals surface area contributed by atoms with Gasteiger partial charge in [-0.2, -0.15) is 0 Å². The van der Waals surface area contributed by atoms with E-state index in [1.807, 2.05) is 0 Å². The molecular weight excluding hydrogens is 465 g/mol. The third-order valence-corrected chi connectivity index (χ3v) is 7.60. The number of carbonyl (C=O) groups is 1. The van der Waals surface area contributed by atoms with E-state index in [2.05, 4.69) is 76.6 Å². The van der Waals surface area contributed by atoms with Crippen LogP contribution in [-0.2, 0) is 4.79 Å². The number of halogens is 2. The summed E-state index contributed by atoms with van der Waals surface area (Å²) in [4.78, 5) is 17.4. The van der Waals surface area contributed by atoms with Gasteiger partial charge in [-0.1, -0.05) is 73.2 Å². The summed E-state index contributed by atoms with van der Waals surface area (Å²) in [6.45, 7) is 4.71. The first kappa shape index (κ1) is 26.5. The smallest absolute Gasteiger partial charge is 0.238 e. The number of carbonyl (C=O) groups excluding carboxylic acids is 1. The van der Waals surface area contributed by atoms with E-state index < -0.39 is 5.54 Å². The van der Waals surface area contributed by atoms with Gasteiger partial charge in [-0.3, -0.25) is 14.6 Å². The summed E-state index contributed by atoms with van der Waals surface area (Å²) >= 11 is 0. The molecule has 0 radical (unpaired) electrons. The van der Waals surface area contributed by atoms with Crippen molar-refractivity contribution in [1.29, 1.82) is 0 Å². The van der Waals surface area contributed by atoms with E-state index >= 15 is 0 Å². The molecule has 3 aliphatic rings. The molecule has 2 aromatic rings. The first-order valence-electron chi connectivity index (χ1n) is 12.0. The molecule has 4 nitrogen and oxygen atoms in total. The standard InChI is InChI=1S/C28H33N3O.2ClH/c29-27(32)28(31-17-6-1-7-18-31)15-20-30(21-16-28)19-14-26-24-10-4-2-8-22(24)12-13-23-9-3-5-11-25(23)26;;/h2-5,8-14H,1,6-7,15-21H2,(H2,29,32);2*1H. The van der Waals surface area contributed by atoms with E-state index in [9.17, 15) is 4.79 Å². The van der Waals surface area contributed by atoms with E-state index in [0.717, 1.165) is 45.6 Å². The second-order valence-electron chi connectivity index (χ2n) is 9.37. The Kier molecular flexibility index (Phi) is 9.00. The van der Waals surface area contributed by atoms with Gasteiger partial charge < -0.3 is 5.73 Å². The number of piperidine rings is 2. The first-order valence-corrected chi connectivity index (χ1v) is 12.0. The highest BCUT2D eigenvalue weighted by atomic mass is 35.5. The number of rotatable bonds is 4. The third kappa shape index (κ3) is 5.11. The summed E-state index contributed by atoms with van der Waals surface area (Å²) < 4.78 is 0. The van der Waals surface area contributed by atoms with E-state index in [-0.39, 0.29) is 30.7 Å². The van der Waals surface area contributed by atoms with Crippen LogP contribution in [0.3, 0.4) is 0 Å². The van der Waals surface area contributed by atoms with Gasteiger partial charge in [0.25, 0.3) is 0 Å². The second-order valence-corrected chi connectivity index (χ2v) is 9.37. The van der Waals surface area contributed by atoms with Crippen LogP contribution in [0, 0.1) is 0 Å². The van der Waals surface area contributed by atoms with Gasteiger partial charge >= 0.3 is 0 Å². The summed E-state index contributed by atoms with van der Waals surface area (Å²) in [6.07, 6.45) is 12.1. The maximum atomic E-state index is 12.5. The molecule has 182 valence electrons. The van der Waals surface area contributed by atoms with Crippen LogP contribution in [0.5, 0.6) is 0 Å². The number of nitrogens with zero attached hydrogens (tertiary/aromatic N) is 2. The number of primary amides is 1. The second kappa shape index (κ2) is 11.5. The average molecular weight is 501 g/mol. The average Bonchev–Trinajstić information content (AvgIpc) is 3.00. The van der Waals surface area contributed by atoms with Crippen molar-refractivity contribution in [3.63, 3.8) is 0 Å². The maximum Gasteiger partial charge on any atom is 0.238 e. The Morgan fingerprint density at radius 1 is 0.824 bits per heavy atom. The van der Waals surface area contributed by atoms with Gasteiger partial charge in [0.1, 0.15) is 5.54 Å². The lowest BCUT2D eigenvalue weighted by Gasteiger charge is -2.48. The van der Waals surface area contributed by atoms with E-state index in [0.29, 0.717) is 0 Å². The molecule has 0 saturated carbocycles. The van der Waals surface area contributed by atoms with Gasteiger partial charge in [-0.15, -0.1) is 24.8 Å². The highest BCUT2D eigenvalue weighted by Crippen LogP contribution is 2.35. The lowest BCUT2D eigenvalue weighted by atomic mass is 9.83. The van der Waals surface area contributed by atoms with Gasteiger partial charge in [-0.05, 0) is 66.6 Å². The number of benzene rings is 2. The van der Waals surface area contributed by atoms with E-state index in [1.165, 1.54) is 47.1 Å². The molecule has 1 amide bonds. The highest BCUT2D eigenvalue weighted by molar-refractivity contribution is 5.93. The molecule has 5 rings (SSSR count). The van der Waals surface area contributed by atoms with Crippen LogP contribution in [0.25, 0.3) is 17.7 Å². The monoisotopic (exact) mass is 499 g/mol. The van der Waals surface area contributed by atoms with Crippen molar-refractivity contribution in [2.24, 2.45) is 5.73 Å². The van der Waals surface area contributed by atoms with Crippen molar-refractivity contribution in [2.75, 3.05) is 32.7 Å². The Labute approximate surface area is 215 Å². The lowest BCUT2D eigenvalue weighted by Crippen LogP contribution is -2.63. The molecule has 2 saturated heterocycles. The molecule has 1 aliphatic carbocycles. The summed E-state index contributed by atoms with van der Waals surface area (Å²) in [6, 6.07) is 17.3. The molecule has 0 unspecified atom stereocenters. The largest absolute Gasteiger partial charge is 0.368 e. The fraction of sp³-hybridized carbons (Fsp3) is 0.393. The molecule has 6 heteroatoms. The molecule has 0 aromatic heterocycles. The number of fused-ring (bicyclic) bond motifs is 2. The quantitative estimate of drug-likeness (QED) is 0.532. The fourth-order valence-corrected chi connectivity index (χ4v) is 5.69. The lowest BCUT2D eigenvalue weighted by molar-refractivity contribution is -0.134. The molecule has 2 N–H and O–H groups in total. The zero-order valence-corrected chi connectivity index (χ0v) is 21.3. The van der Waals surface area contributed by atoms with Crippen LogP contribution in [0.1, 0.15) is 54.4 Å². The minimum Gasteiger partial charge on any atom is -0.368 e. The Hall–Kier alpha value is -2.11. The Morgan fingerprint density at radius 2 is 1.35 bits per heavy atom. The van der Waals surface area contributed by atoms with Gasteiger partial charge in [0.15, 0.2) is 0 Å². The third-order valence-electron chi connectivity index (χ3n) is 7.60. The molecule has 0 spiro atoms. The van der Waals surface area contributed by atoms with Crippen molar-refractivity contribution < 1.29 is 4.79 Å². The number of likely N-dealkylation sites (tertiary alicyclic amines) is 2. The van der Waals surface area contributed by atoms with Crippen LogP contribution in [0.2, 0.25) is 0 Å². The fourth-order valence-electron chi connectivity index (χ4n) is 5.69. The van der Waals surface area contributed by atoms with E-state index in [1.54, 1.807) is 0 Å².